The second-order valence-corrected chi connectivity index (χ2v) is 9.75. The van der Waals surface area contributed by atoms with Crippen LogP contribution in [0.1, 0.15) is 43.5 Å². The molecule has 1 saturated heterocycles. The molecule has 0 spiro atoms. The summed E-state index contributed by atoms with van der Waals surface area (Å²) >= 11 is 0. The molecule has 3 aromatic rings. The topological polar surface area (TPSA) is 74.9 Å². The first-order valence-corrected chi connectivity index (χ1v) is 11.7. The van der Waals surface area contributed by atoms with Gasteiger partial charge in [-0.15, -0.1) is 0 Å². The average molecular weight is 462 g/mol. The SMILES string of the molecule is COc1cccc([C@@H]2CN3C(=O)CN(CC(C)C)C(=O)[C@]3(C)c3[nH]c4ccccc4c32)c1OC. The highest BCUT2D eigenvalue weighted by molar-refractivity contribution is 6.01. The van der Waals surface area contributed by atoms with Crippen LogP contribution in [0.25, 0.3) is 10.9 Å². The maximum atomic E-state index is 13.9. The Balaban J connectivity index is 1.77. The van der Waals surface area contributed by atoms with Crippen LogP contribution in [0.2, 0.25) is 0 Å². The number of hydrogen-bond acceptors (Lipinski definition) is 4. The van der Waals surface area contributed by atoms with Crippen LogP contribution in [0.15, 0.2) is 42.5 Å². The Morgan fingerprint density at radius 1 is 1.09 bits per heavy atom. The number of aromatic amines is 1. The lowest BCUT2D eigenvalue weighted by Crippen LogP contribution is -2.67. The molecule has 2 aliphatic rings. The van der Waals surface area contributed by atoms with Gasteiger partial charge in [-0.1, -0.05) is 44.2 Å². The van der Waals surface area contributed by atoms with Crippen molar-refractivity contribution in [1.82, 2.24) is 14.8 Å². The van der Waals surface area contributed by atoms with Gasteiger partial charge in [0.25, 0.3) is 5.91 Å². The molecule has 0 radical (unpaired) electrons. The first-order valence-electron chi connectivity index (χ1n) is 11.7. The summed E-state index contributed by atoms with van der Waals surface area (Å²) in [5.74, 6) is 1.29. The zero-order valence-corrected chi connectivity index (χ0v) is 20.3. The van der Waals surface area contributed by atoms with Gasteiger partial charge in [-0.05, 0) is 30.5 Å². The zero-order chi connectivity index (χ0) is 24.2. The van der Waals surface area contributed by atoms with Gasteiger partial charge >= 0.3 is 0 Å². The van der Waals surface area contributed by atoms with Gasteiger partial charge in [-0.25, -0.2) is 0 Å². The summed E-state index contributed by atoms with van der Waals surface area (Å²) in [6.07, 6.45) is 0. The summed E-state index contributed by atoms with van der Waals surface area (Å²) < 4.78 is 11.3. The first-order chi connectivity index (χ1) is 16.3. The fourth-order valence-electron chi connectivity index (χ4n) is 5.73. The number of H-pyrrole nitrogens is 1. The number of carbonyl (C=O) groups excluding carboxylic acids is 2. The number of rotatable bonds is 5. The highest BCUT2D eigenvalue weighted by atomic mass is 16.5. The molecule has 2 amide bonds. The molecule has 5 rings (SSSR count). The minimum absolute atomic E-state index is 0.0373. The molecule has 0 saturated carbocycles. The molecule has 7 nitrogen and oxygen atoms in total. The molecule has 3 heterocycles. The van der Waals surface area contributed by atoms with Crippen LogP contribution >= 0.6 is 0 Å². The van der Waals surface area contributed by atoms with Crippen LogP contribution in [0.5, 0.6) is 11.5 Å². The van der Waals surface area contributed by atoms with Crippen molar-refractivity contribution in [3.8, 4) is 11.5 Å². The highest BCUT2D eigenvalue weighted by Gasteiger charge is 2.56. The average Bonchev–Trinajstić information content (AvgIpc) is 3.22. The standard InChI is InChI=1S/C27H31N3O4/c1-16(2)13-29-15-22(31)30-14-19(17-10-8-12-21(33-4)24(17)34-5)23-18-9-6-7-11-20(18)28-25(23)27(30,3)26(29)32/h6-12,16,19,28H,13-15H2,1-5H3/t19-,27-/m0/s1. The molecule has 1 fully saturated rings. The van der Waals surface area contributed by atoms with Gasteiger partial charge < -0.3 is 24.3 Å². The third-order valence-electron chi connectivity index (χ3n) is 7.21. The number of hydrogen-bond donors (Lipinski definition) is 1. The van der Waals surface area contributed by atoms with Crippen molar-refractivity contribution in [2.24, 2.45) is 5.92 Å². The smallest absolute Gasteiger partial charge is 0.254 e. The fourth-order valence-corrected chi connectivity index (χ4v) is 5.73. The summed E-state index contributed by atoms with van der Waals surface area (Å²) in [5.41, 5.74) is 2.60. The number of piperazine rings is 1. The molecule has 2 aromatic carbocycles. The van der Waals surface area contributed by atoms with Gasteiger partial charge in [-0.3, -0.25) is 9.59 Å². The number of nitrogens with zero attached hydrogens (tertiary/aromatic N) is 2. The molecule has 7 heteroatoms. The fraction of sp³-hybridized carbons (Fsp3) is 0.407. The molecule has 1 N–H and O–H groups in total. The third-order valence-corrected chi connectivity index (χ3v) is 7.21. The summed E-state index contributed by atoms with van der Waals surface area (Å²) in [6, 6.07) is 13.9. The molecule has 2 aliphatic heterocycles. The van der Waals surface area contributed by atoms with Crippen LogP contribution in [-0.4, -0.2) is 60.5 Å². The van der Waals surface area contributed by atoms with E-state index in [1.807, 2.05) is 43.3 Å². The van der Waals surface area contributed by atoms with Gasteiger partial charge in [0.2, 0.25) is 5.91 Å². The Kier molecular flexibility index (Phi) is 5.30. The lowest BCUT2D eigenvalue weighted by Gasteiger charge is -2.51. The normalized spacial score (nSPS) is 22.2. The highest BCUT2D eigenvalue weighted by Crippen LogP contribution is 2.50. The number of fused-ring (bicyclic) bond motifs is 5. The molecule has 0 aliphatic carbocycles. The van der Waals surface area contributed by atoms with Crippen molar-refractivity contribution in [3.63, 3.8) is 0 Å². The van der Waals surface area contributed by atoms with Crippen LogP contribution in [0, 0.1) is 5.92 Å². The number of nitrogens with one attached hydrogen (secondary N) is 1. The van der Waals surface area contributed by atoms with E-state index in [0.29, 0.717) is 24.6 Å². The molecule has 1 aromatic heterocycles. The maximum absolute atomic E-state index is 13.9. The van der Waals surface area contributed by atoms with E-state index in [1.54, 1.807) is 24.0 Å². The lowest BCUT2D eigenvalue weighted by molar-refractivity contribution is -0.166. The predicted octanol–water partition coefficient (Wildman–Crippen LogP) is 3.87. The van der Waals surface area contributed by atoms with Gasteiger partial charge in [0.15, 0.2) is 17.0 Å². The number of carbonyl (C=O) groups is 2. The van der Waals surface area contributed by atoms with E-state index < -0.39 is 5.54 Å². The zero-order valence-electron chi connectivity index (χ0n) is 20.3. The lowest BCUT2D eigenvalue weighted by atomic mass is 9.76. The van der Waals surface area contributed by atoms with E-state index >= 15 is 0 Å². The van der Waals surface area contributed by atoms with Gasteiger partial charge in [0, 0.05) is 35.5 Å². The summed E-state index contributed by atoms with van der Waals surface area (Å²) in [4.78, 5) is 34.5. The largest absolute Gasteiger partial charge is 0.493 e. The third kappa shape index (κ3) is 3.10. The summed E-state index contributed by atoms with van der Waals surface area (Å²) in [6.45, 7) is 7.04. The van der Waals surface area contributed by atoms with E-state index in [4.69, 9.17) is 9.47 Å². The van der Waals surface area contributed by atoms with E-state index in [9.17, 15) is 9.59 Å². The van der Waals surface area contributed by atoms with E-state index in [1.165, 1.54) is 0 Å². The van der Waals surface area contributed by atoms with Crippen molar-refractivity contribution in [2.75, 3.05) is 33.9 Å². The van der Waals surface area contributed by atoms with Gasteiger partial charge in [0.1, 0.15) is 0 Å². The van der Waals surface area contributed by atoms with Crippen LogP contribution in [0.4, 0.5) is 0 Å². The monoisotopic (exact) mass is 461 g/mol. The molecule has 2 atom stereocenters. The maximum Gasteiger partial charge on any atom is 0.254 e. The number of methoxy groups -OCH3 is 2. The van der Waals surface area contributed by atoms with Crippen molar-refractivity contribution >= 4 is 22.7 Å². The number of amides is 2. The van der Waals surface area contributed by atoms with E-state index in [-0.39, 0.29) is 30.2 Å². The van der Waals surface area contributed by atoms with Crippen LogP contribution < -0.4 is 9.47 Å². The molecular weight excluding hydrogens is 430 g/mol. The second-order valence-electron chi connectivity index (χ2n) is 9.75. The molecular formula is C27H31N3O4. The van der Waals surface area contributed by atoms with Crippen LogP contribution in [-0.2, 0) is 15.1 Å². The Morgan fingerprint density at radius 2 is 1.85 bits per heavy atom. The van der Waals surface area contributed by atoms with Crippen molar-refractivity contribution in [3.05, 3.63) is 59.3 Å². The summed E-state index contributed by atoms with van der Waals surface area (Å²) in [5, 5.41) is 1.05. The number of ether oxygens (including phenoxy) is 2. The molecule has 0 bridgehead atoms. The number of para-hydroxylation sites is 2. The minimum atomic E-state index is -1.10. The second kappa shape index (κ2) is 8.08. The van der Waals surface area contributed by atoms with E-state index in [2.05, 4.69) is 24.9 Å². The van der Waals surface area contributed by atoms with Crippen LogP contribution in [0.3, 0.4) is 0 Å². The Hall–Kier alpha value is -3.48. The van der Waals surface area contributed by atoms with Gasteiger partial charge in [-0.2, -0.15) is 0 Å². The number of aromatic nitrogens is 1. The van der Waals surface area contributed by atoms with E-state index in [0.717, 1.165) is 27.7 Å². The first kappa shape index (κ1) is 22.3. The molecule has 178 valence electrons. The quantitative estimate of drug-likeness (QED) is 0.626. The number of benzene rings is 2. The predicted molar refractivity (Wildman–Crippen MR) is 130 cm³/mol. The summed E-state index contributed by atoms with van der Waals surface area (Å²) in [7, 11) is 3.25. The minimum Gasteiger partial charge on any atom is -0.493 e. The molecule has 34 heavy (non-hydrogen) atoms. The molecule has 0 unspecified atom stereocenters. The Bertz CT molecular complexity index is 1280. The van der Waals surface area contributed by atoms with Crippen molar-refractivity contribution < 1.29 is 19.1 Å². The Morgan fingerprint density at radius 3 is 2.56 bits per heavy atom. The van der Waals surface area contributed by atoms with Crippen molar-refractivity contribution in [1.29, 1.82) is 0 Å². The van der Waals surface area contributed by atoms with Crippen molar-refractivity contribution in [2.45, 2.75) is 32.2 Å². The Labute approximate surface area is 199 Å². The van der Waals surface area contributed by atoms with Gasteiger partial charge in [0.05, 0.1) is 26.5 Å².